The lowest BCUT2D eigenvalue weighted by atomic mass is 10.0. The summed E-state index contributed by atoms with van der Waals surface area (Å²) in [7, 11) is 0. The van der Waals surface area contributed by atoms with Gasteiger partial charge in [0.25, 0.3) is 0 Å². The molecule has 1 aromatic rings. The van der Waals surface area contributed by atoms with E-state index in [1.54, 1.807) is 4.90 Å². The van der Waals surface area contributed by atoms with Crippen molar-refractivity contribution < 1.29 is 19.4 Å². The average molecular weight is 289 g/mol. The molecule has 1 aliphatic heterocycles. The highest BCUT2D eigenvalue weighted by molar-refractivity contribution is 5.71. The van der Waals surface area contributed by atoms with Gasteiger partial charge in [-0.1, -0.05) is 30.3 Å². The molecule has 1 heterocycles. The van der Waals surface area contributed by atoms with Crippen molar-refractivity contribution in [2.24, 2.45) is 17.8 Å². The van der Waals surface area contributed by atoms with Gasteiger partial charge >= 0.3 is 12.1 Å². The van der Waals surface area contributed by atoms with Gasteiger partial charge < -0.3 is 14.7 Å². The molecule has 1 N–H and O–H groups in total. The summed E-state index contributed by atoms with van der Waals surface area (Å²) in [6, 6.07) is 9.59. The maximum Gasteiger partial charge on any atom is 0.410 e. The van der Waals surface area contributed by atoms with Gasteiger partial charge in [-0.2, -0.15) is 0 Å². The van der Waals surface area contributed by atoms with Crippen LogP contribution in [0.25, 0.3) is 0 Å². The van der Waals surface area contributed by atoms with Gasteiger partial charge in [-0.15, -0.1) is 0 Å². The molecular formula is C16H19NO4. The monoisotopic (exact) mass is 289 g/mol. The van der Waals surface area contributed by atoms with Gasteiger partial charge in [0, 0.05) is 13.1 Å². The second kappa shape index (κ2) is 5.76. The molecule has 112 valence electrons. The van der Waals surface area contributed by atoms with Crippen LogP contribution in [0.4, 0.5) is 4.79 Å². The topological polar surface area (TPSA) is 66.8 Å². The van der Waals surface area contributed by atoms with Crippen LogP contribution in [-0.4, -0.2) is 35.2 Å². The Bertz CT molecular complexity index is 516. The number of likely N-dealkylation sites (tertiary alicyclic amines) is 1. The Morgan fingerprint density at radius 1 is 1.14 bits per heavy atom. The molecule has 0 aromatic heterocycles. The van der Waals surface area contributed by atoms with Crippen molar-refractivity contribution in [1.82, 2.24) is 4.90 Å². The van der Waals surface area contributed by atoms with E-state index in [2.05, 4.69) is 0 Å². The number of ether oxygens (including phenoxy) is 1. The van der Waals surface area contributed by atoms with Crippen LogP contribution in [0.5, 0.6) is 0 Å². The Hall–Kier alpha value is -2.04. The molecule has 2 aliphatic rings. The number of carboxylic acids is 1. The minimum Gasteiger partial charge on any atom is -0.481 e. The van der Waals surface area contributed by atoms with Crippen molar-refractivity contribution in [3.05, 3.63) is 35.9 Å². The lowest BCUT2D eigenvalue weighted by molar-refractivity contribution is -0.141. The van der Waals surface area contributed by atoms with E-state index >= 15 is 0 Å². The number of hydrogen-bond donors (Lipinski definition) is 1. The Kier molecular flexibility index (Phi) is 3.82. The first-order valence-electron chi connectivity index (χ1n) is 7.32. The second-order valence-corrected chi connectivity index (χ2v) is 5.97. The Balaban J connectivity index is 1.49. The fourth-order valence-corrected chi connectivity index (χ4v) is 3.46. The molecular weight excluding hydrogens is 270 g/mol. The number of nitrogens with zero attached hydrogens (tertiary/aromatic N) is 1. The zero-order valence-electron chi connectivity index (χ0n) is 11.8. The fourth-order valence-electron chi connectivity index (χ4n) is 3.46. The van der Waals surface area contributed by atoms with E-state index in [4.69, 9.17) is 9.84 Å². The molecule has 1 saturated carbocycles. The molecule has 0 radical (unpaired) electrons. The predicted molar refractivity (Wildman–Crippen MR) is 75.5 cm³/mol. The predicted octanol–water partition coefficient (Wildman–Crippen LogP) is 2.37. The minimum atomic E-state index is -0.706. The smallest absolute Gasteiger partial charge is 0.410 e. The molecule has 0 unspecified atom stereocenters. The van der Waals surface area contributed by atoms with Gasteiger partial charge in [-0.25, -0.2) is 4.79 Å². The molecule has 0 spiro atoms. The normalized spacial score (nSPS) is 24.9. The molecule has 5 heteroatoms. The van der Waals surface area contributed by atoms with Crippen molar-refractivity contribution in [2.45, 2.75) is 19.4 Å². The molecule has 0 bridgehead atoms. The van der Waals surface area contributed by atoms with Crippen molar-refractivity contribution >= 4 is 12.1 Å². The first-order valence-corrected chi connectivity index (χ1v) is 7.32. The summed E-state index contributed by atoms with van der Waals surface area (Å²) in [6.07, 6.45) is 1.07. The number of fused-ring (bicyclic) bond motifs is 1. The van der Waals surface area contributed by atoms with E-state index in [1.165, 1.54) is 0 Å². The highest BCUT2D eigenvalue weighted by Gasteiger charge is 2.44. The lowest BCUT2D eigenvalue weighted by Crippen LogP contribution is -2.30. The Labute approximate surface area is 123 Å². The lowest BCUT2D eigenvalue weighted by Gasteiger charge is -2.18. The quantitative estimate of drug-likeness (QED) is 0.927. The van der Waals surface area contributed by atoms with E-state index in [9.17, 15) is 9.59 Å². The van der Waals surface area contributed by atoms with Crippen LogP contribution in [0, 0.1) is 17.8 Å². The number of rotatable bonds is 3. The van der Waals surface area contributed by atoms with Gasteiger partial charge in [-0.05, 0) is 30.2 Å². The molecule has 1 amide bonds. The third-order valence-corrected chi connectivity index (χ3v) is 4.56. The van der Waals surface area contributed by atoms with Crippen LogP contribution in [-0.2, 0) is 16.1 Å². The third-order valence-electron chi connectivity index (χ3n) is 4.56. The van der Waals surface area contributed by atoms with Crippen LogP contribution >= 0.6 is 0 Å². The standard InChI is InChI=1S/C16H19NO4/c18-15(19)12-6-13-8-17(9-14(13)7-12)16(20)21-10-11-4-2-1-3-5-11/h1-5,12-14H,6-10H2,(H,18,19)/t13-,14-/m1/s1. The first kappa shape index (κ1) is 13.9. The van der Waals surface area contributed by atoms with E-state index in [-0.39, 0.29) is 18.6 Å². The molecule has 5 nitrogen and oxygen atoms in total. The van der Waals surface area contributed by atoms with Crippen LogP contribution in [0.3, 0.4) is 0 Å². The van der Waals surface area contributed by atoms with Crippen LogP contribution in [0.15, 0.2) is 30.3 Å². The van der Waals surface area contributed by atoms with E-state index in [0.717, 1.165) is 5.56 Å². The number of aliphatic carboxylic acids is 1. The summed E-state index contributed by atoms with van der Waals surface area (Å²) in [4.78, 5) is 24.8. The maximum atomic E-state index is 12.1. The SMILES string of the molecule is O=C(O)C1C[C@@H]2CN(C(=O)OCc3ccccc3)C[C@H]2C1. The summed E-state index contributed by atoms with van der Waals surface area (Å²) >= 11 is 0. The number of amides is 1. The summed E-state index contributed by atoms with van der Waals surface area (Å²) < 4.78 is 5.32. The van der Waals surface area contributed by atoms with Gasteiger partial charge in [0.2, 0.25) is 0 Å². The average Bonchev–Trinajstić information content (AvgIpc) is 3.04. The summed E-state index contributed by atoms with van der Waals surface area (Å²) in [5.41, 5.74) is 0.969. The van der Waals surface area contributed by atoms with Gasteiger partial charge in [0.15, 0.2) is 0 Å². The number of carboxylic acid groups (broad SMARTS) is 1. The molecule has 1 aliphatic carbocycles. The summed E-state index contributed by atoms with van der Waals surface area (Å²) in [5, 5.41) is 9.05. The second-order valence-electron chi connectivity index (χ2n) is 5.97. The Morgan fingerprint density at radius 3 is 2.33 bits per heavy atom. The van der Waals surface area contributed by atoms with Crippen LogP contribution in [0.1, 0.15) is 18.4 Å². The van der Waals surface area contributed by atoms with Crippen molar-refractivity contribution in [3.8, 4) is 0 Å². The molecule has 1 aromatic carbocycles. The van der Waals surface area contributed by atoms with Crippen LogP contribution < -0.4 is 0 Å². The van der Waals surface area contributed by atoms with Crippen molar-refractivity contribution in [1.29, 1.82) is 0 Å². The summed E-state index contributed by atoms with van der Waals surface area (Å²) in [6.45, 7) is 1.54. The fraction of sp³-hybridized carbons (Fsp3) is 0.500. The highest BCUT2D eigenvalue weighted by atomic mass is 16.6. The third kappa shape index (κ3) is 3.01. The van der Waals surface area contributed by atoms with Crippen LogP contribution in [0.2, 0.25) is 0 Å². The molecule has 3 rings (SSSR count). The summed E-state index contributed by atoms with van der Waals surface area (Å²) in [5.74, 6) is -0.309. The van der Waals surface area contributed by atoms with Gasteiger partial charge in [0.05, 0.1) is 5.92 Å². The number of hydrogen-bond acceptors (Lipinski definition) is 3. The molecule has 2 atom stereocenters. The highest BCUT2D eigenvalue weighted by Crippen LogP contribution is 2.41. The van der Waals surface area contributed by atoms with Crippen molar-refractivity contribution in [3.63, 3.8) is 0 Å². The Morgan fingerprint density at radius 2 is 1.76 bits per heavy atom. The van der Waals surface area contributed by atoms with Gasteiger partial charge in [0.1, 0.15) is 6.61 Å². The zero-order valence-corrected chi connectivity index (χ0v) is 11.8. The van der Waals surface area contributed by atoms with E-state index in [1.807, 2.05) is 30.3 Å². The number of benzene rings is 1. The van der Waals surface area contributed by atoms with Crippen molar-refractivity contribution in [2.75, 3.05) is 13.1 Å². The van der Waals surface area contributed by atoms with E-state index < -0.39 is 5.97 Å². The first-order chi connectivity index (χ1) is 10.1. The zero-order chi connectivity index (χ0) is 14.8. The number of carbonyl (C=O) groups excluding carboxylic acids is 1. The molecule has 1 saturated heterocycles. The maximum absolute atomic E-state index is 12.1. The van der Waals surface area contributed by atoms with Gasteiger partial charge in [-0.3, -0.25) is 4.79 Å². The largest absolute Gasteiger partial charge is 0.481 e. The number of carbonyl (C=O) groups is 2. The van der Waals surface area contributed by atoms with E-state index in [0.29, 0.717) is 37.8 Å². The minimum absolute atomic E-state index is 0.234. The molecule has 21 heavy (non-hydrogen) atoms. The molecule has 2 fully saturated rings.